The summed E-state index contributed by atoms with van der Waals surface area (Å²) in [5.74, 6) is -1.31. The fraction of sp³-hybridized carbons (Fsp3) is 0.417. The van der Waals surface area contributed by atoms with Gasteiger partial charge >= 0.3 is 12.1 Å². The minimum absolute atomic E-state index is 0.0820. The van der Waals surface area contributed by atoms with Crippen molar-refractivity contribution in [2.75, 3.05) is 11.9 Å². The Labute approximate surface area is 286 Å². The molecule has 1 aliphatic rings. The second-order valence-corrected chi connectivity index (χ2v) is 13.2. The van der Waals surface area contributed by atoms with Gasteiger partial charge in [-0.15, -0.1) is 13.2 Å². The zero-order valence-corrected chi connectivity index (χ0v) is 28.3. The molecule has 0 amide bonds. The number of hydrogen-bond acceptors (Lipinski definition) is 7. The molecule has 0 bridgehead atoms. The summed E-state index contributed by atoms with van der Waals surface area (Å²) in [7, 11) is 0. The van der Waals surface area contributed by atoms with Crippen LogP contribution in [0.4, 0.5) is 23.5 Å². The molecule has 0 spiro atoms. The van der Waals surface area contributed by atoms with Crippen molar-refractivity contribution in [1.82, 2.24) is 29.8 Å². The highest BCUT2D eigenvalue weighted by Gasteiger charge is 2.33. The predicted molar refractivity (Wildman–Crippen MR) is 185 cm³/mol. The molecule has 10 nitrogen and oxygen atoms in total. The summed E-state index contributed by atoms with van der Waals surface area (Å²) < 4.78 is 60.3. The largest absolute Gasteiger partial charge is 0.573 e. The first kappa shape index (κ1) is 35.1. The smallest absolute Gasteiger partial charge is 0.403 e. The fourth-order valence-corrected chi connectivity index (χ4v) is 6.52. The first-order valence-electron chi connectivity index (χ1n) is 16.9. The third-order valence-corrected chi connectivity index (χ3v) is 9.22. The number of anilines is 1. The molecule has 50 heavy (non-hydrogen) atoms. The lowest BCUT2D eigenvalue weighted by Crippen LogP contribution is -2.38. The van der Waals surface area contributed by atoms with Gasteiger partial charge in [-0.3, -0.25) is 4.57 Å². The number of H-pyrrole nitrogens is 2. The van der Waals surface area contributed by atoms with Crippen LogP contribution in [0.15, 0.2) is 53.5 Å². The third-order valence-electron chi connectivity index (χ3n) is 9.22. The normalized spacial score (nSPS) is 17.3. The quantitative estimate of drug-likeness (QED) is 0.0878. The molecule has 0 radical (unpaired) electrons. The molecule has 3 aromatic heterocycles. The molecule has 6 rings (SSSR count). The first-order chi connectivity index (χ1) is 23.8. The number of hydrogen-bond donors (Lipinski definition) is 5. The molecule has 1 saturated heterocycles. The van der Waals surface area contributed by atoms with Gasteiger partial charge in [-0.05, 0) is 101 Å². The average Bonchev–Trinajstić information content (AvgIpc) is 3.62. The van der Waals surface area contributed by atoms with E-state index in [1.807, 2.05) is 45.0 Å². The number of imidazole rings is 1. The molecule has 14 heteroatoms. The van der Waals surface area contributed by atoms with Crippen molar-refractivity contribution in [3.8, 4) is 22.7 Å². The molecule has 6 N–H and O–H groups in total. The molecule has 266 valence electrons. The predicted octanol–water partition coefficient (Wildman–Crippen LogP) is 7.11. The maximum absolute atomic E-state index is 15.5. The highest BCUT2D eigenvalue weighted by molar-refractivity contribution is 5.83. The van der Waals surface area contributed by atoms with Crippen molar-refractivity contribution in [3.05, 3.63) is 87.5 Å². The van der Waals surface area contributed by atoms with E-state index in [-0.39, 0.29) is 29.0 Å². The average molecular weight is 695 g/mol. The lowest BCUT2D eigenvalue weighted by molar-refractivity contribution is -0.275. The summed E-state index contributed by atoms with van der Waals surface area (Å²) in [4.78, 5) is 27.9. The van der Waals surface area contributed by atoms with Crippen LogP contribution < -0.4 is 26.8 Å². The zero-order valence-electron chi connectivity index (χ0n) is 28.3. The Morgan fingerprint density at radius 2 is 1.88 bits per heavy atom. The Kier molecular flexibility index (Phi) is 10.3. The van der Waals surface area contributed by atoms with E-state index in [0.717, 1.165) is 61.2 Å². The minimum atomic E-state index is -5.07. The van der Waals surface area contributed by atoms with Crippen LogP contribution >= 0.6 is 0 Å². The van der Waals surface area contributed by atoms with E-state index in [9.17, 15) is 18.0 Å². The second kappa shape index (κ2) is 14.7. The van der Waals surface area contributed by atoms with Gasteiger partial charge in [0, 0.05) is 47.5 Å². The Hall–Kier alpha value is -4.69. The van der Waals surface area contributed by atoms with E-state index in [4.69, 9.17) is 5.73 Å². The van der Waals surface area contributed by atoms with Gasteiger partial charge in [0.05, 0.1) is 17.1 Å². The van der Waals surface area contributed by atoms with Crippen LogP contribution in [0, 0.1) is 19.7 Å². The van der Waals surface area contributed by atoms with Crippen LogP contribution in [0.5, 0.6) is 5.75 Å². The van der Waals surface area contributed by atoms with E-state index in [0.29, 0.717) is 41.9 Å². The van der Waals surface area contributed by atoms with E-state index >= 15 is 4.39 Å². The molecule has 0 unspecified atom stereocenters. The summed E-state index contributed by atoms with van der Waals surface area (Å²) >= 11 is 0. The summed E-state index contributed by atoms with van der Waals surface area (Å²) in [5, 5.41) is 7.62. The molecule has 3 atom stereocenters. The van der Waals surface area contributed by atoms with Crippen molar-refractivity contribution in [3.63, 3.8) is 0 Å². The Morgan fingerprint density at radius 1 is 1.10 bits per heavy atom. The number of aryl methyl sites for hydroxylation is 3. The first-order valence-corrected chi connectivity index (χ1v) is 16.9. The lowest BCUT2D eigenvalue weighted by atomic mass is 9.92. The van der Waals surface area contributed by atoms with Crippen molar-refractivity contribution in [2.24, 2.45) is 5.73 Å². The van der Waals surface area contributed by atoms with Gasteiger partial charge in [-0.2, -0.15) is 4.98 Å². The maximum Gasteiger partial charge on any atom is 0.573 e. The molecular weight excluding hydrogens is 652 g/mol. The van der Waals surface area contributed by atoms with Crippen molar-refractivity contribution >= 4 is 17.0 Å². The number of aromatic nitrogens is 5. The molecule has 0 aliphatic carbocycles. The number of nitrogens with one attached hydrogen (secondary N) is 4. The molecule has 1 fully saturated rings. The molecule has 1 aliphatic heterocycles. The van der Waals surface area contributed by atoms with E-state index < -0.39 is 23.6 Å². The SMILES string of the molecule is Cc1nc(NCC[C@H]2CCC[C@H](c3ccc(-n4cc5cc(-c6cc(CCC[C@H](C)N)cc(OC(F)(F)F)c6F)[nH]c5nc4=O)cc3)N2)[nH]c1C. The van der Waals surface area contributed by atoms with Gasteiger partial charge in [0.15, 0.2) is 11.6 Å². The Bertz CT molecular complexity index is 1980. The molecular formula is C36H42F4N8O2. The van der Waals surface area contributed by atoms with Crippen LogP contribution in [0.25, 0.3) is 28.0 Å². The Balaban J connectivity index is 1.19. The van der Waals surface area contributed by atoms with Crippen LogP contribution in [0.2, 0.25) is 0 Å². The zero-order chi connectivity index (χ0) is 35.6. The molecule has 0 saturated carbocycles. The molecule has 5 aromatic rings. The molecule has 4 heterocycles. The molecule has 2 aromatic carbocycles. The van der Waals surface area contributed by atoms with Gasteiger partial charge in [-0.25, -0.2) is 14.2 Å². The summed E-state index contributed by atoms with van der Waals surface area (Å²) in [5.41, 5.74) is 9.71. The number of nitrogens with zero attached hydrogens (tertiary/aromatic N) is 3. The van der Waals surface area contributed by atoms with Gasteiger partial charge < -0.3 is 31.1 Å². The van der Waals surface area contributed by atoms with Gasteiger partial charge in [0.1, 0.15) is 5.65 Å². The van der Waals surface area contributed by atoms with Gasteiger partial charge in [0.2, 0.25) is 5.95 Å². The second-order valence-electron chi connectivity index (χ2n) is 13.2. The van der Waals surface area contributed by atoms with Crippen LogP contribution in [0.3, 0.4) is 0 Å². The van der Waals surface area contributed by atoms with Crippen molar-refractivity contribution < 1.29 is 22.3 Å². The topological polar surface area (TPSA) is 139 Å². The summed E-state index contributed by atoms with van der Waals surface area (Å²) in [6.07, 6.45) is 2.27. The van der Waals surface area contributed by atoms with Crippen LogP contribution in [-0.2, 0) is 6.42 Å². The van der Waals surface area contributed by atoms with Gasteiger partial charge in [-0.1, -0.05) is 18.6 Å². The summed E-state index contributed by atoms with van der Waals surface area (Å²) in [6, 6.07) is 12.3. The number of rotatable bonds is 12. The maximum atomic E-state index is 15.5. The highest BCUT2D eigenvalue weighted by atomic mass is 19.4. The van der Waals surface area contributed by atoms with Crippen molar-refractivity contribution in [1.29, 1.82) is 0 Å². The van der Waals surface area contributed by atoms with E-state index in [1.54, 1.807) is 12.3 Å². The van der Waals surface area contributed by atoms with Gasteiger partial charge in [0.25, 0.3) is 0 Å². The monoisotopic (exact) mass is 694 g/mol. The van der Waals surface area contributed by atoms with Crippen LogP contribution in [0.1, 0.15) is 74.0 Å². The third kappa shape index (κ3) is 8.36. The number of piperidine rings is 1. The number of benzene rings is 2. The number of halogens is 4. The van der Waals surface area contributed by atoms with Crippen molar-refractivity contribution in [2.45, 2.75) is 90.2 Å². The number of aromatic amines is 2. The minimum Gasteiger partial charge on any atom is -0.403 e. The summed E-state index contributed by atoms with van der Waals surface area (Å²) in [6.45, 7) is 6.61. The number of fused-ring (bicyclic) bond motifs is 1. The number of nitrogens with two attached hydrogens (primary N) is 1. The van der Waals surface area contributed by atoms with E-state index in [2.05, 4.69) is 35.3 Å². The fourth-order valence-electron chi connectivity index (χ4n) is 6.52. The lowest BCUT2D eigenvalue weighted by Gasteiger charge is -2.31. The van der Waals surface area contributed by atoms with E-state index in [1.165, 1.54) is 10.6 Å². The standard InChI is InChI=1S/C36H42F4N8O2/c1-20(41)6-4-7-23-16-28(32(37)31(17-23)50-36(38,39)40)30-18-25-19-48(35(49)47-33(25)46-30)27-12-10-24(11-13-27)29-9-5-8-26(45-29)14-15-42-34-43-21(2)22(3)44-34/h10-13,16-20,26,29,45H,4-9,14-15,41H2,1-3H3,(H2,42,43,44)(H,46,47,49)/t20-,26+,29+/m0/s1. The number of alkyl halides is 3. The Morgan fingerprint density at radius 3 is 2.58 bits per heavy atom. The van der Waals surface area contributed by atoms with Crippen LogP contribution in [-0.4, -0.2) is 49.5 Å². The highest BCUT2D eigenvalue weighted by Crippen LogP contribution is 2.35. The number of ether oxygens (including phenoxy) is 1.